The van der Waals surface area contributed by atoms with Gasteiger partial charge in [-0.1, -0.05) is 0 Å². The average molecular weight is 305 g/mol. The van der Waals surface area contributed by atoms with Gasteiger partial charge in [-0.25, -0.2) is 8.78 Å². The third-order valence-electron chi connectivity index (χ3n) is 2.26. The number of alkyl halides is 2. The number of rotatable bonds is 7. The molecule has 8 heteroatoms. The fraction of sp³-hybridized carbons (Fsp3) is 0.333. The number of ether oxygens (including phenoxy) is 2. The van der Waals surface area contributed by atoms with E-state index >= 15 is 0 Å². The van der Waals surface area contributed by atoms with Gasteiger partial charge in [0.15, 0.2) is 0 Å². The highest BCUT2D eigenvalue weighted by atomic mass is 32.2. The van der Waals surface area contributed by atoms with Crippen molar-refractivity contribution < 1.29 is 23.2 Å². The maximum atomic E-state index is 12.2. The fourth-order valence-corrected chi connectivity index (χ4v) is 2.21. The largest absolute Gasteiger partial charge is 0.496 e. The predicted molar refractivity (Wildman–Crippen MR) is 72.3 cm³/mol. The summed E-state index contributed by atoms with van der Waals surface area (Å²) in [5.74, 6) is 0.337. The van der Waals surface area contributed by atoms with Crippen LogP contribution in [0.25, 0.3) is 6.08 Å². The molecule has 0 bridgehead atoms. The van der Waals surface area contributed by atoms with E-state index in [2.05, 4.69) is 0 Å². The number of halogens is 2. The Morgan fingerprint density at radius 3 is 2.50 bits per heavy atom. The topological polar surface area (TPSA) is 61.6 Å². The first kappa shape index (κ1) is 16.2. The molecule has 110 valence electrons. The molecule has 5 nitrogen and oxygen atoms in total. The van der Waals surface area contributed by atoms with Gasteiger partial charge in [0.25, 0.3) is 0 Å². The number of hydrogen-bond donors (Lipinski definition) is 0. The van der Waals surface area contributed by atoms with Crippen molar-refractivity contribution in [3.05, 3.63) is 34.0 Å². The number of benzene rings is 1. The molecule has 1 aromatic rings. The van der Waals surface area contributed by atoms with Gasteiger partial charge in [-0.2, -0.15) is 0 Å². The van der Waals surface area contributed by atoms with Crippen LogP contribution in [0.2, 0.25) is 0 Å². The van der Waals surface area contributed by atoms with Gasteiger partial charge < -0.3 is 9.47 Å². The minimum absolute atomic E-state index is 0.348. The van der Waals surface area contributed by atoms with Crippen molar-refractivity contribution in [3.63, 3.8) is 0 Å². The van der Waals surface area contributed by atoms with E-state index in [1.165, 1.54) is 32.4 Å². The van der Waals surface area contributed by atoms with Crippen LogP contribution >= 0.6 is 11.8 Å². The molecule has 0 unspecified atom stereocenters. The molecule has 1 aromatic carbocycles. The van der Waals surface area contributed by atoms with Crippen molar-refractivity contribution in [2.45, 2.75) is 11.3 Å². The van der Waals surface area contributed by atoms with Crippen LogP contribution < -0.4 is 9.47 Å². The van der Waals surface area contributed by atoms with Crippen LogP contribution in [0.4, 0.5) is 8.78 Å². The molecule has 0 heterocycles. The molecular formula is C12H13F2NO4S. The van der Waals surface area contributed by atoms with Crippen molar-refractivity contribution >= 4 is 17.8 Å². The summed E-state index contributed by atoms with van der Waals surface area (Å²) in [5.41, 5.74) is 0.433. The van der Waals surface area contributed by atoms with Gasteiger partial charge in [0.2, 0.25) is 12.6 Å². The second kappa shape index (κ2) is 7.68. The molecule has 0 aliphatic rings. The fourth-order valence-electron chi connectivity index (χ4n) is 1.43. The molecule has 0 aliphatic heterocycles. The summed E-state index contributed by atoms with van der Waals surface area (Å²) < 4.78 is 34.7. The van der Waals surface area contributed by atoms with E-state index in [1.54, 1.807) is 0 Å². The van der Waals surface area contributed by atoms with E-state index in [-0.39, 0.29) is 5.75 Å². The third kappa shape index (κ3) is 4.69. The van der Waals surface area contributed by atoms with Crippen LogP contribution in [-0.4, -0.2) is 31.3 Å². The summed E-state index contributed by atoms with van der Waals surface area (Å²) in [6, 6.07) is 3.03. The molecule has 20 heavy (non-hydrogen) atoms. The molecule has 0 amide bonds. The van der Waals surface area contributed by atoms with Gasteiger partial charge in [0, 0.05) is 11.6 Å². The summed E-state index contributed by atoms with van der Waals surface area (Å²) in [7, 11) is 2.79. The minimum atomic E-state index is -2.44. The number of nitrogens with zero attached hydrogens (tertiary/aromatic N) is 1. The Morgan fingerprint density at radius 1 is 1.35 bits per heavy atom. The summed E-state index contributed by atoms with van der Waals surface area (Å²) in [6.45, 7) is 0. The Hall–Kier alpha value is -1.83. The Balaban J connectivity index is 3.12. The van der Waals surface area contributed by atoms with Crippen LogP contribution in [0.3, 0.4) is 0 Å². The van der Waals surface area contributed by atoms with Gasteiger partial charge in [0.05, 0.1) is 29.8 Å². The summed E-state index contributed by atoms with van der Waals surface area (Å²) >= 11 is 0.929. The van der Waals surface area contributed by atoms with Crippen molar-refractivity contribution in [1.29, 1.82) is 0 Å². The molecule has 0 aromatic heterocycles. The zero-order chi connectivity index (χ0) is 15.1. The van der Waals surface area contributed by atoms with Gasteiger partial charge >= 0.3 is 0 Å². The van der Waals surface area contributed by atoms with E-state index in [4.69, 9.17) is 9.47 Å². The Labute approximate surface area is 118 Å². The van der Waals surface area contributed by atoms with Crippen LogP contribution in [0, 0.1) is 10.1 Å². The third-order valence-corrected chi connectivity index (χ3v) is 3.31. The second-order valence-corrected chi connectivity index (χ2v) is 4.61. The molecule has 1 rings (SSSR count). The van der Waals surface area contributed by atoms with Crippen LogP contribution in [-0.2, 0) is 0 Å². The first-order valence-corrected chi connectivity index (χ1v) is 6.45. The molecule has 0 aliphatic carbocycles. The molecule has 0 fully saturated rings. The average Bonchev–Trinajstić information content (AvgIpc) is 2.42. The zero-order valence-corrected chi connectivity index (χ0v) is 11.7. The highest BCUT2D eigenvalue weighted by Crippen LogP contribution is 2.36. The van der Waals surface area contributed by atoms with Crippen molar-refractivity contribution in [3.8, 4) is 11.5 Å². The Kier molecular flexibility index (Phi) is 6.23. The lowest BCUT2D eigenvalue weighted by atomic mass is 10.2. The summed E-state index contributed by atoms with van der Waals surface area (Å²) in [5, 5.41) is 10.3. The smallest absolute Gasteiger partial charge is 0.247 e. The number of thioether (sulfide) groups is 1. The molecule has 0 N–H and O–H groups in total. The number of hydrogen-bond acceptors (Lipinski definition) is 5. The molecule has 0 saturated heterocycles. The Morgan fingerprint density at radius 2 is 2.00 bits per heavy atom. The van der Waals surface area contributed by atoms with E-state index in [0.717, 1.165) is 18.0 Å². The highest BCUT2D eigenvalue weighted by Gasteiger charge is 2.13. The van der Waals surface area contributed by atoms with E-state index in [1.807, 2.05) is 0 Å². The predicted octanol–water partition coefficient (Wildman–Crippen LogP) is 3.31. The SMILES string of the molecule is COc1cc(SCC(F)F)c(OC)cc1C=C[N+](=O)[O-]. The monoisotopic (exact) mass is 305 g/mol. The Bertz CT molecular complexity index is 508. The van der Waals surface area contributed by atoms with Crippen molar-refractivity contribution in [2.24, 2.45) is 0 Å². The maximum Gasteiger partial charge on any atom is 0.247 e. The van der Waals surface area contributed by atoms with Gasteiger partial charge in [-0.05, 0) is 12.1 Å². The lowest BCUT2D eigenvalue weighted by Crippen LogP contribution is -1.97. The highest BCUT2D eigenvalue weighted by molar-refractivity contribution is 7.99. The van der Waals surface area contributed by atoms with Gasteiger partial charge in [-0.3, -0.25) is 10.1 Å². The zero-order valence-electron chi connectivity index (χ0n) is 10.8. The van der Waals surface area contributed by atoms with Crippen LogP contribution in [0.1, 0.15) is 5.56 Å². The first-order chi connectivity index (χ1) is 9.47. The first-order valence-electron chi connectivity index (χ1n) is 5.46. The molecule has 0 spiro atoms. The summed E-state index contributed by atoms with van der Waals surface area (Å²) in [6.07, 6.45) is -0.420. The van der Waals surface area contributed by atoms with Crippen molar-refractivity contribution in [1.82, 2.24) is 0 Å². The minimum Gasteiger partial charge on any atom is -0.496 e. The maximum absolute atomic E-state index is 12.2. The standard InChI is InChI=1S/C12H13F2NO4S/c1-18-9-6-11(20-7-12(13)14)10(19-2)5-8(9)3-4-15(16)17/h3-6,12H,7H2,1-2H3. The number of nitro groups is 1. The van der Waals surface area contributed by atoms with Crippen molar-refractivity contribution in [2.75, 3.05) is 20.0 Å². The molecular weight excluding hydrogens is 292 g/mol. The second-order valence-electron chi connectivity index (χ2n) is 3.55. The molecule has 0 atom stereocenters. The number of methoxy groups -OCH3 is 2. The van der Waals surface area contributed by atoms with Gasteiger partial charge in [0.1, 0.15) is 11.5 Å². The molecule has 0 saturated carbocycles. The normalized spacial score (nSPS) is 11.1. The van der Waals surface area contributed by atoms with Gasteiger partial charge in [-0.15, -0.1) is 11.8 Å². The van der Waals surface area contributed by atoms with E-state index < -0.39 is 11.3 Å². The molecule has 0 radical (unpaired) electrons. The lowest BCUT2D eigenvalue weighted by molar-refractivity contribution is -0.400. The van der Waals surface area contributed by atoms with E-state index in [0.29, 0.717) is 22.0 Å². The van der Waals surface area contributed by atoms with Crippen LogP contribution in [0.15, 0.2) is 23.2 Å². The lowest BCUT2D eigenvalue weighted by Gasteiger charge is -2.12. The van der Waals surface area contributed by atoms with Crippen LogP contribution in [0.5, 0.6) is 11.5 Å². The van der Waals surface area contributed by atoms with E-state index in [9.17, 15) is 18.9 Å². The quantitative estimate of drug-likeness (QED) is 0.439. The summed E-state index contributed by atoms with van der Waals surface area (Å²) in [4.78, 5) is 10.2.